The molecule has 0 aliphatic heterocycles. The monoisotopic (exact) mass is 825 g/mol. The number of hydrogen-bond donors (Lipinski definition) is 0. The van der Waals surface area contributed by atoms with Gasteiger partial charge in [0.1, 0.15) is 11.2 Å². The molecular formula is C58H35NOS2. The van der Waals surface area contributed by atoms with Crippen molar-refractivity contribution in [3.8, 4) is 33.4 Å². The van der Waals surface area contributed by atoms with Gasteiger partial charge in [0.2, 0.25) is 0 Å². The number of hydrogen-bond acceptors (Lipinski definition) is 4. The minimum Gasteiger partial charge on any atom is -0.455 e. The summed E-state index contributed by atoms with van der Waals surface area (Å²) in [7, 11) is 0. The van der Waals surface area contributed by atoms with Gasteiger partial charge in [-0.2, -0.15) is 0 Å². The maximum absolute atomic E-state index is 6.69. The lowest BCUT2D eigenvalue weighted by Crippen LogP contribution is -2.10. The summed E-state index contributed by atoms with van der Waals surface area (Å²) >= 11 is 3.70. The smallest absolute Gasteiger partial charge is 0.145 e. The van der Waals surface area contributed by atoms with Crippen molar-refractivity contribution in [3.63, 3.8) is 0 Å². The van der Waals surface area contributed by atoms with Crippen LogP contribution in [0.3, 0.4) is 0 Å². The fourth-order valence-corrected chi connectivity index (χ4v) is 11.9. The van der Waals surface area contributed by atoms with Gasteiger partial charge in [0.25, 0.3) is 0 Å². The van der Waals surface area contributed by atoms with E-state index in [-0.39, 0.29) is 0 Å². The van der Waals surface area contributed by atoms with Crippen LogP contribution in [-0.2, 0) is 0 Å². The minimum absolute atomic E-state index is 0.916. The van der Waals surface area contributed by atoms with E-state index < -0.39 is 0 Å². The number of anilines is 3. The SMILES string of the molecule is c1cc(-c2ccc(-c3cc4sc5ccccc5c4c4oc5ccccc5c34)cc2)cc(N(c2ccc(-c3cccc4ccccc34)cc2)c2cccc3c2sc2ccccc23)c1. The predicted octanol–water partition coefficient (Wildman–Crippen LogP) is 17.9. The van der Waals surface area contributed by atoms with Gasteiger partial charge in [-0.1, -0.05) is 158 Å². The molecule has 290 valence electrons. The van der Waals surface area contributed by atoms with E-state index in [2.05, 4.69) is 217 Å². The number of fused-ring (bicyclic) bond motifs is 11. The van der Waals surface area contributed by atoms with E-state index in [9.17, 15) is 0 Å². The van der Waals surface area contributed by atoms with Crippen LogP contribution in [-0.4, -0.2) is 0 Å². The summed E-state index contributed by atoms with van der Waals surface area (Å²) in [6.07, 6.45) is 0. The normalized spacial score (nSPS) is 11.9. The third-order valence-corrected chi connectivity index (χ3v) is 14.8. The molecule has 3 heterocycles. The average molecular weight is 826 g/mol. The van der Waals surface area contributed by atoms with E-state index >= 15 is 0 Å². The van der Waals surface area contributed by atoms with Crippen LogP contribution in [0.4, 0.5) is 17.1 Å². The van der Waals surface area contributed by atoms with Gasteiger partial charge in [0, 0.05) is 57.8 Å². The molecule has 0 unspecified atom stereocenters. The summed E-state index contributed by atoms with van der Waals surface area (Å²) < 4.78 is 11.8. The number of furan rings is 1. The lowest BCUT2D eigenvalue weighted by molar-refractivity contribution is 0.673. The van der Waals surface area contributed by atoms with Crippen molar-refractivity contribution in [2.24, 2.45) is 0 Å². The molecule has 3 aromatic heterocycles. The Labute approximate surface area is 365 Å². The van der Waals surface area contributed by atoms with Gasteiger partial charge < -0.3 is 9.32 Å². The van der Waals surface area contributed by atoms with E-state index in [1.807, 2.05) is 22.7 Å². The lowest BCUT2D eigenvalue weighted by atomic mass is 9.95. The van der Waals surface area contributed by atoms with Crippen LogP contribution in [0.2, 0.25) is 0 Å². The molecule has 0 fully saturated rings. The van der Waals surface area contributed by atoms with E-state index in [1.165, 1.54) is 84.4 Å². The first-order chi connectivity index (χ1) is 30.7. The van der Waals surface area contributed by atoms with Gasteiger partial charge in [-0.15, -0.1) is 22.7 Å². The maximum Gasteiger partial charge on any atom is 0.145 e. The molecule has 0 amide bonds. The summed E-state index contributed by atoms with van der Waals surface area (Å²) in [5, 5.41) is 9.84. The van der Waals surface area contributed by atoms with Gasteiger partial charge in [0.05, 0.1) is 10.4 Å². The quantitative estimate of drug-likeness (QED) is 0.166. The van der Waals surface area contributed by atoms with Gasteiger partial charge >= 0.3 is 0 Å². The molecular weight excluding hydrogens is 791 g/mol. The highest BCUT2D eigenvalue weighted by Gasteiger charge is 2.21. The summed E-state index contributed by atoms with van der Waals surface area (Å²) in [5.74, 6) is 0. The predicted molar refractivity (Wildman–Crippen MR) is 268 cm³/mol. The Morgan fingerprint density at radius 2 is 0.984 bits per heavy atom. The van der Waals surface area contributed by atoms with Crippen LogP contribution < -0.4 is 4.90 Å². The standard InChI is InChI=1S/C58H35NOS2/c1-2-16-43-37(12-1)13-10-20-44(43)38-30-32-41(33-31-38)59(50-22-11-21-46-45-17-4-7-24-52(45)62-58(46)50)42-15-9-14-40(34-42)36-26-28-39(29-27-36)49-35-54-56(48-19-5-8-25-53(48)61-54)57-55(49)47-18-3-6-23-51(47)60-57/h1-35H. The highest BCUT2D eigenvalue weighted by atomic mass is 32.1. The molecule has 0 saturated heterocycles. The van der Waals surface area contributed by atoms with Crippen LogP contribution in [0.15, 0.2) is 217 Å². The second-order valence-electron chi connectivity index (χ2n) is 16.0. The second kappa shape index (κ2) is 14.0. The highest BCUT2D eigenvalue weighted by Crippen LogP contribution is 2.48. The third-order valence-electron chi connectivity index (χ3n) is 12.5. The molecule has 0 aliphatic rings. The molecule has 13 aromatic rings. The molecule has 10 aromatic carbocycles. The van der Waals surface area contributed by atoms with E-state index in [0.717, 1.165) is 39.1 Å². The number of para-hydroxylation sites is 1. The molecule has 0 bridgehead atoms. The molecule has 0 atom stereocenters. The summed E-state index contributed by atoms with van der Waals surface area (Å²) in [6, 6.07) is 77.4. The fraction of sp³-hybridized carbons (Fsp3) is 0. The topological polar surface area (TPSA) is 16.4 Å². The van der Waals surface area contributed by atoms with Crippen molar-refractivity contribution >= 4 is 113 Å². The molecule has 0 radical (unpaired) electrons. The van der Waals surface area contributed by atoms with Gasteiger partial charge in [0.15, 0.2) is 0 Å². The minimum atomic E-state index is 0.916. The Bertz CT molecular complexity index is 3860. The molecule has 2 nitrogen and oxygen atoms in total. The molecule has 0 saturated carbocycles. The zero-order valence-corrected chi connectivity index (χ0v) is 35.0. The summed E-state index contributed by atoms with van der Waals surface area (Å²) in [4.78, 5) is 2.43. The largest absolute Gasteiger partial charge is 0.455 e. The molecule has 13 rings (SSSR count). The first-order valence-electron chi connectivity index (χ1n) is 21.0. The number of nitrogens with zero attached hydrogens (tertiary/aromatic N) is 1. The number of thiophene rings is 2. The van der Waals surface area contributed by atoms with Crippen LogP contribution in [0, 0.1) is 0 Å². The molecule has 4 heteroatoms. The van der Waals surface area contributed by atoms with Crippen molar-refractivity contribution in [2.75, 3.05) is 4.90 Å². The molecule has 62 heavy (non-hydrogen) atoms. The Kier molecular flexibility index (Phi) is 7.99. The third kappa shape index (κ3) is 5.54. The number of rotatable bonds is 6. The van der Waals surface area contributed by atoms with Gasteiger partial charge in [-0.05, 0) is 98.8 Å². The van der Waals surface area contributed by atoms with Crippen LogP contribution in [0.1, 0.15) is 0 Å². The van der Waals surface area contributed by atoms with Crippen LogP contribution in [0.25, 0.3) is 106 Å². The average Bonchev–Trinajstić information content (AvgIpc) is 4.04. The Hall–Kier alpha value is -7.50. The Balaban J connectivity index is 0.936. The van der Waals surface area contributed by atoms with E-state index in [1.54, 1.807) is 0 Å². The summed E-state index contributed by atoms with van der Waals surface area (Å²) in [5.41, 5.74) is 12.4. The molecule has 0 aliphatic carbocycles. The van der Waals surface area contributed by atoms with Gasteiger partial charge in [-0.3, -0.25) is 0 Å². The first kappa shape index (κ1) is 35.3. The van der Waals surface area contributed by atoms with Gasteiger partial charge in [-0.25, -0.2) is 0 Å². The molecule has 0 N–H and O–H groups in total. The van der Waals surface area contributed by atoms with Crippen LogP contribution >= 0.6 is 22.7 Å². The summed E-state index contributed by atoms with van der Waals surface area (Å²) in [6.45, 7) is 0. The van der Waals surface area contributed by atoms with Crippen molar-refractivity contribution in [2.45, 2.75) is 0 Å². The Morgan fingerprint density at radius 3 is 1.84 bits per heavy atom. The Morgan fingerprint density at radius 1 is 0.355 bits per heavy atom. The zero-order valence-electron chi connectivity index (χ0n) is 33.4. The van der Waals surface area contributed by atoms with Crippen molar-refractivity contribution in [1.29, 1.82) is 0 Å². The van der Waals surface area contributed by atoms with Crippen molar-refractivity contribution in [1.82, 2.24) is 0 Å². The maximum atomic E-state index is 6.69. The van der Waals surface area contributed by atoms with Crippen LogP contribution in [0.5, 0.6) is 0 Å². The zero-order chi connectivity index (χ0) is 40.7. The first-order valence-corrected chi connectivity index (χ1v) is 22.6. The highest BCUT2D eigenvalue weighted by molar-refractivity contribution is 7.26. The van der Waals surface area contributed by atoms with Crippen molar-refractivity contribution in [3.05, 3.63) is 212 Å². The number of benzene rings is 10. The molecule has 0 spiro atoms. The fourth-order valence-electron chi connectivity index (χ4n) is 9.59. The van der Waals surface area contributed by atoms with E-state index in [4.69, 9.17) is 4.42 Å². The second-order valence-corrected chi connectivity index (χ2v) is 18.1. The van der Waals surface area contributed by atoms with Crippen molar-refractivity contribution < 1.29 is 4.42 Å². The van der Waals surface area contributed by atoms with E-state index in [0.29, 0.717) is 0 Å². The lowest BCUT2D eigenvalue weighted by Gasteiger charge is -2.27.